The monoisotopic (exact) mass is 527 g/mol. The van der Waals surface area contributed by atoms with Gasteiger partial charge in [-0.1, -0.05) is 24.3 Å². The van der Waals surface area contributed by atoms with Gasteiger partial charge >= 0.3 is 0 Å². The van der Waals surface area contributed by atoms with Gasteiger partial charge in [-0.05, 0) is 36.8 Å². The van der Waals surface area contributed by atoms with E-state index in [9.17, 15) is 9.18 Å². The average molecular weight is 528 g/mol. The van der Waals surface area contributed by atoms with Crippen molar-refractivity contribution >= 4 is 39.7 Å². The normalized spacial score (nSPS) is 13.7. The average Bonchev–Trinajstić information content (AvgIpc) is 3.49. The minimum atomic E-state index is -0.299. The van der Waals surface area contributed by atoms with Crippen LogP contribution >= 0.6 is 11.3 Å². The summed E-state index contributed by atoms with van der Waals surface area (Å²) < 4.78 is 16.6. The molecule has 1 aliphatic rings. The first kappa shape index (κ1) is 24.2. The lowest BCUT2D eigenvalue weighted by Gasteiger charge is -2.29. The molecule has 0 spiro atoms. The molecule has 0 aliphatic carbocycles. The standard InChI is InChI=1S/C28H26FN7OS/c1-2-36-26-18(13-22(27(36)37)20-5-3-4-6-21(20)25-16-31-17-38-25)15-32-28(34-26)33-19-7-8-24(23(29)14-19)35-11-9-30-10-12-35/h3-8,13-17,30H,2,9-12H2,1H3,(H,32,33,34). The lowest BCUT2D eigenvalue weighted by molar-refractivity contribution is 0.566. The summed E-state index contributed by atoms with van der Waals surface area (Å²) >= 11 is 1.53. The van der Waals surface area contributed by atoms with Crippen molar-refractivity contribution in [3.05, 3.63) is 82.6 Å². The lowest BCUT2D eigenvalue weighted by atomic mass is 9.99. The first-order valence-corrected chi connectivity index (χ1v) is 13.4. The number of benzene rings is 2. The highest BCUT2D eigenvalue weighted by molar-refractivity contribution is 7.13. The van der Waals surface area contributed by atoms with Gasteiger partial charge in [0.2, 0.25) is 5.95 Å². The molecule has 0 unspecified atom stereocenters. The van der Waals surface area contributed by atoms with Gasteiger partial charge in [0.1, 0.15) is 11.5 Å². The van der Waals surface area contributed by atoms with Crippen LogP contribution in [0.25, 0.3) is 32.6 Å². The third kappa shape index (κ3) is 4.52. The second kappa shape index (κ2) is 10.3. The number of pyridine rings is 1. The van der Waals surface area contributed by atoms with Gasteiger partial charge in [-0.2, -0.15) is 4.98 Å². The van der Waals surface area contributed by atoms with Gasteiger partial charge in [0.25, 0.3) is 5.56 Å². The van der Waals surface area contributed by atoms with E-state index in [-0.39, 0.29) is 11.4 Å². The number of hydrogen-bond donors (Lipinski definition) is 2. The topological polar surface area (TPSA) is 88.0 Å². The minimum Gasteiger partial charge on any atom is -0.367 e. The number of hydrogen-bond acceptors (Lipinski definition) is 8. The maximum absolute atomic E-state index is 14.9. The molecular weight excluding hydrogens is 501 g/mol. The van der Waals surface area contributed by atoms with Crippen molar-refractivity contribution in [2.75, 3.05) is 36.4 Å². The Morgan fingerprint density at radius 2 is 1.87 bits per heavy atom. The predicted octanol–water partition coefficient (Wildman–Crippen LogP) is 4.89. The van der Waals surface area contributed by atoms with E-state index in [1.165, 1.54) is 17.4 Å². The third-order valence-corrected chi connectivity index (χ3v) is 7.53. The summed E-state index contributed by atoms with van der Waals surface area (Å²) in [4.78, 5) is 30.0. The summed E-state index contributed by atoms with van der Waals surface area (Å²) in [5, 5.41) is 7.12. The SMILES string of the molecule is CCn1c(=O)c(-c2ccccc2-c2cncs2)cc2cnc(Nc3ccc(N4CCNCC4)c(F)c3)nc21. The van der Waals surface area contributed by atoms with Crippen molar-refractivity contribution in [3.63, 3.8) is 0 Å². The van der Waals surface area contributed by atoms with Crippen LogP contribution in [-0.2, 0) is 6.54 Å². The molecule has 38 heavy (non-hydrogen) atoms. The number of rotatable bonds is 6. The molecule has 10 heteroatoms. The van der Waals surface area contributed by atoms with E-state index in [1.807, 2.05) is 54.4 Å². The maximum Gasteiger partial charge on any atom is 0.260 e. The van der Waals surface area contributed by atoms with Gasteiger partial charge in [0.15, 0.2) is 0 Å². The molecule has 0 radical (unpaired) electrons. The van der Waals surface area contributed by atoms with E-state index in [0.29, 0.717) is 35.1 Å². The summed E-state index contributed by atoms with van der Waals surface area (Å²) in [6, 6.07) is 14.7. The van der Waals surface area contributed by atoms with Crippen LogP contribution in [0.1, 0.15) is 6.92 Å². The summed E-state index contributed by atoms with van der Waals surface area (Å²) in [5.74, 6) is -0.00126. The van der Waals surface area contributed by atoms with E-state index in [4.69, 9.17) is 0 Å². The van der Waals surface area contributed by atoms with E-state index >= 15 is 0 Å². The summed E-state index contributed by atoms with van der Waals surface area (Å²) in [7, 11) is 0. The van der Waals surface area contributed by atoms with Crippen molar-refractivity contribution in [2.24, 2.45) is 0 Å². The molecule has 1 saturated heterocycles. The Balaban J connectivity index is 1.36. The number of thiazole rings is 1. The Kier molecular flexibility index (Phi) is 6.57. The Hall–Kier alpha value is -4.15. The first-order chi connectivity index (χ1) is 18.6. The zero-order valence-corrected chi connectivity index (χ0v) is 21.6. The Bertz CT molecular complexity index is 1660. The highest BCUT2D eigenvalue weighted by Crippen LogP contribution is 2.33. The molecule has 2 aromatic carbocycles. The number of fused-ring (bicyclic) bond motifs is 1. The van der Waals surface area contributed by atoms with E-state index < -0.39 is 0 Å². The molecule has 5 aromatic rings. The van der Waals surface area contributed by atoms with Crippen molar-refractivity contribution in [3.8, 4) is 21.6 Å². The number of aryl methyl sites for hydroxylation is 1. The molecule has 1 aliphatic heterocycles. The molecule has 1 fully saturated rings. The number of aromatic nitrogens is 4. The number of halogens is 1. The summed E-state index contributed by atoms with van der Waals surface area (Å²) in [5.41, 5.74) is 5.68. The maximum atomic E-state index is 14.9. The van der Waals surface area contributed by atoms with Crippen molar-refractivity contribution in [2.45, 2.75) is 13.5 Å². The molecule has 0 amide bonds. The summed E-state index contributed by atoms with van der Waals surface area (Å²) in [6.07, 6.45) is 3.50. The van der Waals surface area contributed by atoms with Gasteiger partial charge in [-0.3, -0.25) is 14.3 Å². The molecule has 2 N–H and O–H groups in total. The Morgan fingerprint density at radius 1 is 1.05 bits per heavy atom. The molecule has 192 valence electrons. The number of nitrogens with one attached hydrogen (secondary N) is 2. The predicted molar refractivity (Wildman–Crippen MR) is 151 cm³/mol. The molecule has 8 nitrogen and oxygen atoms in total. The van der Waals surface area contributed by atoms with Crippen LogP contribution in [0.5, 0.6) is 0 Å². The fourth-order valence-corrected chi connectivity index (χ4v) is 5.53. The second-order valence-electron chi connectivity index (χ2n) is 9.02. The molecule has 3 aromatic heterocycles. The molecule has 4 heterocycles. The molecule has 0 bridgehead atoms. The van der Waals surface area contributed by atoms with E-state index in [0.717, 1.165) is 47.6 Å². The number of nitrogens with zero attached hydrogens (tertiary/aromatic N) is 5. The van der Waals surface area contributed by atoms with Gasteiger partial charge in [-0.25, -0.2) is 9.37 Å². The van der Waals surface area contributed by atoms with Crippen LogP contribution in [0.15, 0.2) is 71.2 Å². The van der Waals surface area contributed by atoms with Crippen molar-refractivity contribution in [1.82, 2.24) is 24.8 Å². The molecular formula is C28H26FN7OS. The van der Waals surface area contributed by atoms with Gasteiger partial charge < -0.3 is 15.5 Å². The van der Waals surface area contributed by atoms with Crippen molar-refractivity contribution in [1.29, 1.82) is 0 Å². The third-order valence-electron chi connectivity index (χ3n) is 6.72. The van der Waals surface area contributed by atoms with Crippen LogP contribution in [0, 0.1) is 5.82 Å². The van der Waals surface area contributed by atoms with E-state index in [1.54, 1.807) is 22.3 Å². The zero-order valence-electron chi connectivity index (χ0n) is 20.8. The number of anilines is 3. The second-order valence-corrected chi connectivity index (χ2v) is 9.91. The largest absolute Gasteiger partial charge is 0.367 e. The van der Waals surface area contributed by atoms with Gasteiger partial charge in [0.05, 0.1) is 16.1 Å². The fraction of sp³-hybridized carbons (Fsp3) is 0.214. The molecule has 0 saturated carbocycles. The number of piperazine rings is 1. The fourth-order valence-electron chi connectivity index (χ4n) is 4.86. The van der Waals surface area contributed by atoms with Crippen molar-refractivity contribution < 1.29 is 4.39 Å². The zero-order chi connectivity index (χ0) is 26.1. The smallest absolute Gasteiger partial charge is 0.260 e. The van der Waals surface area contributed by atoms with E-state index in [2.05, 4.69) is 25.6 Å². The minimum absolute atomic E-state index is 0.131. The van der Waals surface area contributed by atoms with Gasteiger partial charge in [-0.15, -0.1) is 11.3 Å². The lowest BCUT2D eigenvalue weighted by Crippen LogP contribution is -2.43. The molecule has 6 rings (SSSR count). The van der Waals surface area contributed by atoms with Crippen LogP contribution in [0.3, 0.4) is 0 Å². The quantitative estimate of drug-likeness (QED) is 0.325. The highest BCUT2D eigenvalue weighted by Gasteiger charge is 2.18. The molecule has 0 atom stereocenters. The van der Waals surface area contributed by atoms with Crippen LogP contribution in [-0.4, -0.2) is 45.7 Å². The Morgan fingerprint density at radius 3 is 2.61 bits per heavy atom. The highest BCUT2D eigenvalue weighted by atomic mass is 32.1. The van der Waals surface area contributed by atoms with Crippen LogP contribution in [0.4, 0.5) is 21.7 Å². The first-order valence-electron chi connectivity index (χ1n) is 12.5. The van der Waals surface area contributed by atoms with Crippen LogP contribution < -0.4 is 21.1 Å². The summed E-state index contributed by atoms with van der Waals surface area (Å²) in [6.45, 7) is 5.56. The Labute approximate surface area is 222 Å². The van der Waals surface area contributed by atoms with Gasteiger partial charge in [0, 0.05) is 67.3 Å². The van der Waals surface area contributed by atoms with Crippen LogP contribution in [0.2, 0.25) is 0 Å².